The Labute approximate surface area is 174 Å². The lowest BCUT2D eigenvalue weighted by molar-refractivity contribution is -0.122. The number of nitrogens with zero attached hydrogens (tertiary/aromatic N) is 2. The Morgan fingerprint density at radius 1 is 1.00 bits per heavy atom. The Morgan fingerprint density at radius 2 is 1.62 bits per heavy atom. The summed E-state index contributed by atoms with van der Waals surface area (Å²) >= 11 is 0. The number of hydrogen-bond acceptors (Lipinski definition) is 4. The molecule has 0 aliphatic carbocycles. The summed E-state index contributed by atoms with van der Waals surface area (Å²) in [4.78, 5) is 17.2. The summed E-state index contributed by atoms with van der Waals surface area (Å²) in [6, 6.07) is 16.8. The predicted octanol–water partition coefficient (Wildman–Crippen LogP) is 3.90. The van der Waals surface area contributed by atoms with E-state index in [0.717, 1.165) is 50.3 Å². The van der Waals surface area contributed by atoms with Gasteiger partial charge >= 0.3 is 0 Å². The van der Waals surface area contributed by atoms with Gasteiger partial charge in [-0.3, -0.25) is 9.69 Å². The third-order valence-corrected chi connectivity index (χ3v) is 5.65. The fourth-order valence-corrected chi connectivity index (χ4v) is 3.97. The molecule has 0 bridgehead atoms. The number of aryl methyl sites for hydroxylation is 1. The smallest absolute Gasteiger partial charge is 0.253 e. The van der Waals surface area contributed by atoms with Crippen molar-refractivity contribution in [3.05, 3.63) is 59.7 Å². The predicted molar refractivity (Wildman–Crippen MR) is 116 cm³/mol. The molecular weight excluding hydrogens is 364 g/mol. The molecule has 5 nitrogen and oxygen atoms in total. The van der Waals surface area contributed by atoms with Crippen LogP contribution in [0.15, 0.2) is 48.5 Å². The molecule has 0 aromatic heterocycles. The van der Waals surface area contributed by atoms with E-state index in [1.165, 1.54) is 11.1 Å². The van der Waals surface area contributed by atoms with E-state index in [-0.39, 0.29) is 18.6 Å². The molecule has 156 valence electrons. The maximum Gasteiger partial charge on any atom is 0.253 e. The molecule has 1 fully saturated rings. The van der Waals surface area contributed by atoms with Crippen LogP contribution in [0.1, 0.15) is 30.9 Å². The van der Waals surface area contributed by atoms with Gasteiger partial charge in [0.25, 0.3) is 5.91 Å². The number of piperidine rings is 1. The zero-order chi connectivity index (χ0) is 20.6. The van der Waals surface area contributed by atoms with Gasteiger partial charge in [-0.05, 0) is 54.7 Å². The SMILES string of the molecule is CCc1ccc(N(C(=O)COC)C2CCN(Cc3ccc(OC)cc3)CC2)cc1. The number of anilines is 1. The number of carbonyl (C=O) groups excluding carboxylic acids is 1. The minimum absolute atomic E-state index is 0.0327. The average molecular weight is 397 g/mol. The number of methoxy groups -OCH3 is 2. The van der Waals surface area contributed by atoms with Crippen molar-refractivity contribution in [3.8, 4) is 5.75 Å². The number of carbonyl (C=O) groups is 1. The van der Waals surface area contributed by atoms with E-state index in [2.05, 4.69) is 48.2 Å². The third-order valence-electron chi connectivity index (χ3n) is 5.65. The molecule has 29 heavy (non-hydrogen) atoms. The molecule has 0 saturated carbocycles. The number of ether oxygens (including phenoxy) is 2. The van der Waals surface area contributed by atoms with Gasteiger partial charge in [-0.15, -0.1) is 0 Å². The van der Waals surface area contributed by atoms with Crippen molar-refractivity contribution in [2.45, 2.75) is 38.8 Å². The second kappa shape index (κ2) is 10.4. The summed E-state index contributed by atoms with van der Waals surface area (Å²) in [5.41, 5.74) is 3.53. The molecule has 1 amide bonds. The average Bonchev–Trinajstić information content (AvgIpc) is 2.76. The van der Waals surface area contributed by atoms with Crippen LogP contribution < -0.4 is 9.64 Å². The standard InChI is InChI=1S/C24H32N2O3/c1-4-19-5-9-21(10-6-19)26(24(27)18-28-2)22-13-15-25(16-14-22)17-20-7-11-23(29-3)12-8-20/h5-12,22H,4,13-18H2,1-3H3. The summed E-state index contributed by atoms with van der Waals surface area (Å²) in [5, 5.41) is 0. The van der Waals surface area contributed by atoms with Gasteiger partial charge in [0.15, 0.2) is 0 Å². The molecule has 3 rings (SSSR count). The summed E-state index contributed by atoms with van der Waals surface area (Å²) in [6.07, 6.45) is 2.92. The maximum absolute atomic E-state index is 12.8. The fraction of sp³-hybridized carbons (Fsp3) is 0.458. The number of rotatable bonds is 8. The minimum Gasteiger partial charge on any atom is -0.497 e. The van der Waals surface area contributed by atoms with Crippen LogP contribution in [-0.4, -0.2) is 50.8 Å². The molecule has 0 N–H and O–H groups in total. The molecule has 5 heteroatoms. The zero-order valence-electron chi connectivity index (χ0n) is 17.8. The molecule has 0 atom stereocenters. The first-order chi connectivity index (χ1) is 14.1. The van der Waals surface area contributed by atoms with E-state index < -0.39 is 0 Å². The van der Waals surface area contributed by atoms with Gasteiger partial charge in [0.05, 0.1) is 7.11 Å². The highest BCUT2D eigenvalue weighted by Crippen LogP contribution is 2.26. The highest BCUT2D eigenvalue weighted by Gasteiger charge is 2.29. The quantitative estimate of drug-likeness (QED) is 0.679. The van der Waals surface area contributed by atoms with Crippen molar-refractivity contribution in [1.29, 1.82) is 0 Å². The van der Waals surface area contributed by atoms with Crippen LogP contribution in [0.3, 0.4) is 0 Å². The highest BCUT2D eigenvalue weighted by molar-refractivity contribution is 5.94. The van der Waals surface area contributed by atoms with Crippen LogP contribution in [0, 0.1) is 0 Å². The van der Waals surface area contributed by atoms with Gasteiger partial charge in [-0.25, -0.2) is 0 Å². The van der Waals surface area contributed by atoms with Crippen molar-refractivity contribution in [2.24, 2.45) is 0 Å². The Morgan fingerprint density at radius 3 is 2.17 bits per heavy atom. The lowest BCUT2D eigenvalue weighted by atomic mass is 10.0. The summed E-state index contributed by atoms with van der Waals surface area (Å²) in [5.74, 6) is 0.916. The van der Waals surface area contributed by atoms with Gasteiger partial charge < -0.3 is 14.4 Å². The van der Waals surface area contributed by atoms with Gasteiger partial charge in [0, 0.05) is 38.5 Å². The Hall–Kier alpha value is -2.37. The molecule has 2 aromatic carbocycles. The molecule has 0 radical (unpaired) electrons. The van der Waals surface area contributed by atoms with Gasteiger partial charge in [-0.1, -0.05) is 31.2 Å². The van der Waals surface area contributed by atoms with E-state index in [4.69, 9.17) is 9.47 Å². The normalized spacial score (nSPS) is 15.3. The van der Waals surface area contributed by atoms with E-state index in [0.29, 0.717) is 0 Å². The van der Waals surface area contributed by atoms with Crippen molar-refractivity contribution >= 4 is 11.6 Å². The Kier molecular flexibility index (Phi) is 7.67. The summed E-state index contributed by atoms with van der Waals surface area (Å²) < 4.78 is 10.4. The molecule has 1 aliphatic heterocycles. The van der Waals surface area contributed by atoms with Crippen molar-refractivity contribution in [1.82, 2.24) is 4.90 Å². The monoisotopic (exact) mass is 396 g/mol. The second-order valence-corrected chi connectivity index (χ2v) is 7.57. The molecule has 2 aromatic rings. The van der Waals surface area contributed by atoms with Crippen LogP contribution in [0.4, 0.5) is 5.69 Å². The van der Waals surface area contributed by atoms with Gasteiger partial charge in [-0.2, -0.15) is 0 Å². The van der Waals surface area contributed by atoms with Gasteiger partial charge in [0.2, 0.25) is 0 Å². The van der Waals surface area contributed by atoms with Crippen LogP contribution >= 0.6 is 0 Å². The van der Waals surface area contributed by atoms with E-state index in [1.807, 2.05) is 17.0 Å². The van der Waals surface area contributed by atoms with Crippen LogP contribution in [0.5, 0.6) is 5.75 Å². The topological polar surface area (TPSA) is 42.0 Å². The number of benzene rings is 2. The van der Waals surface area contributed by atoms with E-state index >= 15 is 0 Å². The Balaban J connectivity index is 1.64. The molecule has 1 heterocycles. The van der Waals surface area contributed by atoms with Crippen LogP contribution in [-0.2, 0) is 22.5 Å². The van der Waals surface area contributed by atoms with E-state index in [9.17, 15) is 4.79 Å². The third kappa shape index (κ3) is 5.58. The number of likely N-dealkylation sites (tertiary alicyclic amines) is 1. The molecule has 1 aliphatic rings. The Bertz CT molecular complexity index is 766. The van der Waals surface area contributed by atoms with Crippen molar-refractivity contribution in [3.63, 3.8) is 0 Å². The lowest BCUT2D eigenvalue weighted by Crippen LogP contribution is -2.48. The molecule has 0 unspecified atom stereocenters. The van der Waals surface area contributed by atoms with Crippen molar-refractivity contribution in [2.75, 3.05) is 38.8 Å². The zero-order valence-corrected chi connectivity index (χ0v) is 17.8. The van der Waals surface area contributed by atoms with Gasteiger partial charge in [0.1, 0.15) is 12.4 Å². The molecule has 1 saturated heterocycles. The maximum atomic E-state index is 12.8. The fourth-order valence-electron chi connectivity index (χ4n) is 3.97. The summed E-state index contributed by atoms with van der Waals surface area (Å²) in [7, 11) is 3.26. The molecular formula is C24H32N2O3. The first kappa shape index (κ1) is 21.3. The van der Waals surface area contributed by atoms with Crippen LogP contribution in [0.2, 0.25) is 0 Å². The number of amides is 1. The highest BCUT2D eigenvalue weighted by atomic mass is 16.5. The minimum atomic E-state index is 0.0327. The number of hydrogen-bond donors (Lipinski definition) is 0. The second-order valence-electron chi connectivity index (χ2n) is 7.57. The largest absolute Gasteiger partial charge is 0.497 e. The lowest BCUT2D eigenvalue weighted by Gasteiger charge is -2.38. The summed E-state index contributed by atoms with van der Waals surface area (Å²) in [6.45, 7) is 5.12. The first-order valence-electron chi connectivity index (χ1n) is 10.4. The molecule has 0 spiro atoms. The first-order valence-corrected chi connectivity index (χ1v) is 10.4. The van der Waals surface area contributed by atoms with Crippen LogP contribution in [0.25, 0.3) is 0 Å². The van der Waals surface area contributed by atoms with E-state index in [1.54, 1.807) is 14.2 Å². The van der Waals surface area contributed by atoms with Crippen molar-refractivity contribution < 1.29 is 14.3 Å².